The molecule has 0 fully saturated rings. The highest BCUT2D eigenvalue weighted by Crippen LogP contribution is 2.26. The molecule has 0 atom stereocenters. The molecule has 1 nitrogen and oxygen atoms in total. The van der Waals surface area contributed by atoms with Gasteiger partial charge in [-0.2, -0.15) is 0 Å². The molecule has 0 spiro atoms. The molecule has 0 heterocycles. The van der Waals surface area contributed by atoms with Gasteiger partial charge in [0.2, 0.25) is 0 Å². The van der Waals surface area contributed by atoms with E-state index >= 15 is 0 Å². The van der Waals surface area contributed by atoms with Crippen molar-refractivity contribution in [3.63, 3.8) is 0 Å². The molecule has 0 aliphatic heterocycles. The molecule has 4 heteroatoms. The number of alkyl halides is 3. The Morgan fingerprint density at radius 1 is 1.38 bits per heavy atom. The summed E-state index contributed by atoms with van der Waals surface area (Å²) >= 11 is 0. The molecule has 0 amide bonds. The van der Waals surface area contributed by atoms with Crippen molar-refractivity contribution >= 4 is 5.57 Å². The summed E-state index contributed by atoms with van der Waals surface area (Å²) < 4.78 is 39.9. The molecule has 0 saturated carbocycles. The molecule has 0 radical (unpaired) electrons. The number of hydrogen-bond donors (Lipinski definition) is 0. The molecule has 0 unspecified atom stereocenters. The van der Waals surface area contributed by atoms with Gasteiger partial charge in [-0.1, -0.05) is 25.1 Å². The van der Waals surface area contributed by atoms with E-state index in [1.807, 2.05) is 19.9 Å². The van der Waals surface area contributed by atoms with E-state index in [2.05, 4.69) is 4.74 Å². The third-order valence-corrected chi connectivity index (χ3v) is 2.17. The fourth-order valence-corrected chi connectivity index (χ4v) is 1.47. The summed E-state index contributed by atoms with van der Waals surface area (Å²) in [7, 11) is 0. The first-order valence-corrected chi connectivity index (χ1v) is 4.97. The van der Waals surface area contributed by atoms with Gasteiger partial charge in [-0.05, 0) is 36.6 Å². The minimum atomic E-state index is -4.64. The van der Waals surface area contributed by atoms with E-state index in [-0.39, 0.29) is 5.75 Å². The van der Waals surface area contributed by atoms with E-state index in [0.717, 1.165) is 17.6 Å². The lowest BCUT2D eigenvalue weighted by atomic mass is 10.0. The van der Waals surface area contributed by atoms with Gasteiger partial charge in [-0.3, -0.25) is 0 Å². The normalized spacial score (nSPS) is 12.7. The number of halogens is 3. The first-order chi connectivity index (χ1) is 7.46. The lowest BCUT2D eigenvalue weighted by molar-refractivity contribution is -0.274. The average Bonchev–Trinajstić information content (AvgIpc) is 2.17. The molecule has 0 aromatic heterocycles. The Bertz CT molecular complexity index is 380. The number of allylic oxidation sites excluding steroid dienone is 2. The van der Waals surface area contributed by atoms with Crippen molar-refractivity contribution in [1.82, 2.24) is 0 Å². The highest BCUT2D eigenvalue weighted by molar-refractivity contribution is 5.66. The summed E-state index contributed by atoms with van der Waals surface area (Å²) in [4.78, 5) is 0. The Hall–Kier alpha value is -1.45. The van der Waals surface area contributed by atoms with E-state index in [0.29, 0.717) is 0 Å². The van der Waals surface area contributed by atoms with Crippen LogP contribution in [0.3, 0.4) is 0 Å². The maximum atomic E-state index is 12.0. The second-order valence-corrected chi connectivity index (χ2v) is 3.24. The molecule has 1 aromatic carbocycles. The number of hydrogen-bond acceptors (Lipinski definition) is 1. The first-order valence-electron chi connectivity index (χ1n) is 4.97. The standard InChI is InChI=1S/C12H13F3O/c1-3-9(4-2)10-6-5-7-11(8-10)16-12(13,14)15/h3,5-8H,4H2,1-2H3/b9-3+. The van der Waals surface area contributed by atoms with Crippen LogP contribution in [0.1, 0.15) is 25.8 Å². The van der Waals surface area contributed by atoms with Crippen molar-refractivity contribution < 1.29 is 17.9 Å². The summed E-state index contributed by atoms with van der Waals surface area (Å²) in [6, 6.07) is 6.00. The van der Waals surface area contributed by atoms with Crippen molar-refractivity contribution in [3.8, 4) is 5.75 Å². The minimum absolute atomic E-state index is 0.183. The predicted molar refractivity (Wildman–Crippen MR) is 57.1 cm³/mol. The maximum absolute atomic E-state index is 12.0. The number of benzene rings is 1. The SMILES string of the molecule is C/C=C(\CC)c1cccc(OC(F)(F)F)c1. The summed E-state index contributed by atoms with van der Waals surface area (Å²) in [6.45, 7) is 3.81. The van der Waals surface area contributed by atoms with Gasteiger partial charge in [0.1, 0.15) is 5.75 Å². The predicted octanol–water partition coefficient (Wildman–Crippen LogP) is 4.40. The monoisotopic (exact) mass is 230 g/mol. The highest BCUT2D eigenvalue weighted by Gasteiger charge is 2.31. The highest BCUT2D eigenvalue weighted by atomic mass is 19.4. The van der Waals surface area contributed by atoms with E-state index in [1.165, 1.54) is 12.1 Å². The van der Waals surface area contributed by atoms with Crippen molar-refractivity contribution in [2.75, 3.05) is 0 Å². The molecule has 16 heavy (non-hydrogen) atoms. The van der Waals surface area contributed by atoms with Crippen LogP contribution < -0.4 is 4.74 Å². The molecule has 0 saturated heterocycles. The molecule has 0 aliphatic carbocycles. The van der Waals surface area contributed by atoms with Gasteiger partial charge in [-0.25, -0.2) is 0 Å². The molecular formula is C12H13F3O. The van der Waals surface area contributed by atoms with E-state index < -0.39 is 6.36 Å². The van der Waals surface area contributed by atoms with E-state index in [4.69, 9.17) is 0 Å². The maximum Gasteiger partial charge on any atom is 0.573 e. The third kappa shape index (κ3) is 3.61. The molecule has 0 aliphatic rings. The van der Waals surface area contributed by atoms with Crippen molar-refractivity contribution in [2.24, 2.45) is 0 Å². The Morgan fingerprint density at radius 3 is 2.56 bits per heavy atom. The summed E-state index contributed by atoms with van der Waals surface area (Å²) in [5, 5.41) is 0. The summed E-state index contributed by atoms with van der Waals surface area (Å²) in [5.41, 5.74) is 1.75. The van der Waals surface area contributed by atoms with E-state index in [1.54, 1.807) is 12.1 Å². The number of rotatable bonds is 3. The molecule has 0 N–H and O–H groups in total. The zero-order chi connectivity index (χ0) is 12.2. The van der Waals surface area contributed by atoms with Crippen LogP contribution in [0.15, 0.2) is 30.3 Å². The largest absolute Gasteiger partial charge is 0.573 e. The van der Waals surface area contributed by atoms with Crippen molar-refractivity contribution in [2.45, 2.75) is 26.6 Å². The van der Waals surface area contributed by atoms with Gasteiger partial charge in [0.05, 0.1) is 0 Å². The van der Waals surface area contributed by atoms with Crippen LogP contribution in [-0.2, 0) is 0 Å². The zero-order valence-corrected chi connectivity index (χ0v) is 9.14. The van der Waals surface area contributed by atoms with Crippen LogP contribution >= 0.6 is 0 Å². The minimum Gasteiger partial charge on any atom is -0.406 e. The van der Waals surface area contributed by atoms with Crippen molar-refractivity contribution in [3.05, 3.63) is 35.9 Å². The molecule has 0 bridgehead atoms. The Balaban J connectivity index is 2.95. The Kier molecular flexibility index (Phi) is 3.99. The quantitative estimate of drug-likeness (QED) is 0.747. The van der Waals surface area contributed by atoms with Crippen LogP contribution in [0, 0.1) is 0 Å². The lowest BCUT2D eigenvalue weighted by Crippen LogP contribution is -2.17. The van der Waals surface area contributed by atoms with Crippen LogP contribution in [0.5, 0.6) is 5.75 Å². The van der Waals surface area contributed by atoms with Gasteiger partial charge < -0.3 is 4.74 Å². The first kappa shape index (κ1) is 12.6. The second kappa shape index (κ2) is 5.05. The smallest absolute Gasteiger partial charge is 0.406 e. The van der Waals surface area contributed by atoms with Gasteiger partial charge >= 0.3 is 6.36 Å². The zero-order valence-electron chi connectivity index (χ0n) is 9.14. The second-order valence-electron chi connectivity index (χ2n) is 3.24. The lowest BCUT2D eigenvalue weighted by Gasteiger charge is -2.10. The Labute approximate surface area is 92.5 Å². The van der Waals surface area contributed by atoms with Crippen LogP contribution in [0.4, 0.5) is 13.2 Å². The van der Waals surface area contributed by atoms with Crippen LogP contribution in [0.25, 0.3) is 5.57 Å². The molecular weight excluding hydrogens is 217 g/mol. The van der Waals surface area contributed by atoms with E-state index in [9.17, 15) is 13.2 Å². The number of ether oxygens (including phenoxy) is 1. The average molecular weight is 230 g/mol. The molecule has 88 valence electrons. The summed E-state index contributed by atoms with van der Waals surface area (Å²) in [5.74, 6) is -0.183. The fraction of sp³-hybridized carbons (Fsp3) is 0.333. The van der Waals surface area contributed by atoms with Crippen molar-refractivity contribution in [1.29, 1.82) is 0 Å². The van der Waals surface area contributed by atoms with Crippen LogP contribution in [-0.4, -0.2) is 6.36 Å². The molecule has 1 aromatic rings. The Morgan fingerprint density at radius 2 is 2.06 bits per heavy atom. The van der Waals surface area contributed by atoms with Gasteiger partial charge in [0.15, 0.2) is 0 Å². The van der Waals surface area contributed by atoms with Gasteiger partial charge in [0.25, 0.3) is 0 Å². The molecule has 1 rings (SSSR count). The third-order valence-electron chi connectivity index (χ3n) is 2.17. The summed E-state index contributed by atoms with van der Waals surface area (Å²) in [6.07, 6.45) is -1.99. The van der Waals surface area contributed by atoms with Gasteiger partial charge in [0, 0.05) is 0 Å². The fourth-order valence-electron chi connectivity index (χ4n) is 1.47. The topological polar surface area (TPSA) is 9.23 Å². The van der Waals surface area contributed by atoms with Crippen LogP contribution in [0.2, 0.25) is 0 Å². The van der Waals surface area contributed by atoms with Gasteiger partial charge in [-0.15, -0.1) is 13.2 Å².